The van der Waals surface area contributed by atoms with Crippen molar-refractivity contribution < 1.29 is 4.74 Å². The van der Waals surface area contributed by atoms with Gasteiger partial charge in [0.2, 0.25) is 0 Å². The first kappa shape index (κ1) is 47.5. The first-order valence-corrected chi connectivity index (χ1v) is 28.0. The molecule has 380 valence electrons. The van der Waals surface area contributed by atoms with Crippen LogP contribution in [0.1, 0.15) is 49.9 Å². The van der Waals surface area contributed by atoms with Gasteiger partial charge in [-0.05, 0) is 160 Å². The van der Waals surface area contributed by atoms with E-state index in [0.717, 1.165) is 84.2 Å². The van der Waals surface area contributed by atoms with E-state index in [2.05, 4.69) is 306 Å². The lowest BCUT2D eigenvalue weighted by molar-refractivity contribution is 0.477. The maximum absolute atomic E-state index is 7.39. The van der Waals surface area contributed by atoms with E-state index in [0.29, 0.717) is 0 Å². The molecule has 3 aliphatic rings. The molecular weight excluding hydrogens is 967 g/mol. The van der Waals surface area contributed by atoms with Crippen molar-refractivity contribution >= 4 is 17.1 Å². The number of fused-ring (bicyclic) bond motifs is 8. The molecule has 0 unspecified atom stereocenters. The number of hydrogen-bond acceptors (Lipinski definition) is 2. The fraction of sp³-hybridized carbons (Fsp3) is 0.0769. The number of anilines is 3. The third-order valence-corrected chi connectivity index (χ3v) is 17.5. The van der Waals surface area contributed by atoms with Crippen LogP contribution < -0.4 is 9.64 Å². The van der Waals surface area contributed by atoms with Crippen molar-refractivity contribution in [3.05, 3.63) is 295 Å². The fourth-order valence-corrected chi connectivity index (χ4v) is 13.2. The second kappa shape index (κ2) is 18.4. The van der Waals surface area contributed by atoms with Crippen molar-refractivity contribution in [2.45, 2.75) is 38.5 Å². The molecule has 0 saturated heterocycles. The average Bonchev–Trinajstić information content (AvgIpc) is 3.96. The van der Waals surface area contributed by atoms with Crippen molar-refractivity contribution in [2.75, 3.05) is 4.90 Å². The van der Waals surface area contributed by atoms with E-state index in [4.69, 9.17) is 4.74 Å². The number of rotatable bonds is 8. The summed E-state index contributed by atoms with van der Waals surface area (Å²) in [5.74, 6) is 1.59. The molecular formula is C78H57NO. The van der Waals surface area contributed by atoms with E-state index >= 15 is 0 Å². The van der Waals surface area contributed by atoms with Gasteiger partial charge in [-0.15, -0.1) is 0 Å². The van der Waals surface area contributed by atoms with Gasteiger partial charge < -0.3 is 9.64 Å². The Labute approximate surface area is 469 Å². The molecule has 0 radical (unpaired) electrons. The van der Waals surface area contributed by atoms with Gasteiger partial charge in [-0.25, -0.2) is 0 Å². The molecule has 0 bridgehead atoms. The molecule has 0 saturated carbocycles. The quantitative estimate of drug-likeness (QED) is 0.150. The molecule has 80 heavy (non-hydrogen) atoms. The zero-order chi connectivity index (χ0) is 53.7. The summed E-state index contributed by atoms with van der Waals surface area (Å²) >= 11 is 0. The molecule has 1 aliphatic heterocycles. The van der Waals surface area contributed by atoms with Crippen LogP contribution in [-0.2, 0) is 10.8 Å². The van der Waals surface area contributed by atoms with Gasteiger partial charge >= 0.3 is 0 Å². The van der Waals surface area contributed by atoms with Gasteiger partial charge in [-0.1, -0.05) is 252 Å². The summed E-state index contributed by atoms with van der Waals surface area (Å²) < 4.78 is 7.39. The molecule has 15 rings (SSSR count). The number of ether oxygens (including phenoxy) is 1. The average molecular weight is 1020 g/mol. The Kier molecular flexibility index (Phi) is 10.9. The summed E-state index contributed by atoms with van der Waals surface area (Å²) in [6, 6.07) is 101. The van der Waals surface area contributed by atoms with Gasteiger partial charge in [-0.3, -0.25) is 0 Å². The fourth-order valence-electron chi connectivity index (χ4n) is 13.2. The zero-order valence-corrected chi connectivity index (χ0v) is 45.3. The minimum absolute atomic E-state index is 0.133. The molecule has 12 aromatic rings. The molecule has 1 heterocycles. The minimum atomic E-state index is -0.133. The van der Waals surface area contributed by atoms with Crippen LogP contribution in [0.3, 0.4) is 0 Å². The van der Waals surface area contributed by atoms with Crippen molar-refractivity contribution in [3.63, 3.8) is 0 Å². The maximum Gasteiger partial charge on any atom is 0.152 e. The van der Waals surface area contributed by atoms with Crippen LogP contribution in [0.5, 0.6) is 11.5 Å². The zero-order valence-electron chi connectivity index (χ0n) is 45.3. The Bertz CT molecular complexity index is 4140. The SMILES string of the molecule is CC1(C)c2ccccc2-c2ccc(-c3ccc4c(c3)Oc3cc(-c5ccc6c(c5)C(C)(C)c5ccccc5-6)ccc3N4c3c(-c4ccc(-c5ccccc5)cc4)cc(-c4ccccc4)cc3-c3ccc(-c4ccccc4)cc3)cc21. The molecule has 2 heteroatoms. The summed E-state index contributed by atoms with van der Waals surface area (Å²) in [6.07, 6.45) is 0. The molecule has 0 N–H and O–H groups in total. The molecule has 2 nitrogen and oxygen atoms in total. The standard InChI is InChI=1S/C78H57NO/c1-77(2)68-26-16-14-24-62(68)64-40-36-57(46-70(64)77)59-38-42-72-74(48-59)80-75-49-60(58-37-41-65-63-25-15-17-27-69(63)78(3,4)71(65)47-58)39-43-73(75)79(72)76-66(55-32-28-53(29-33-55)50-18-8-5-9-19-50)44-61(52-22-12-7-13-23-52)45-67(76)56-34-30-54(31-35-56)51-20-10-6-11-21-51/h5-49H,1-4H3. The predicted octanol–water partition coefficient (Wildman–Crippen LogP) is 21.5. The molecule has 0 fully saturated rings. The van der Waals surface area contributed by atoms with Gasteiger partial charge in [0.25, 0.3) is 0 Å². The molecule has 0 spiro atoms. The Morgan fingerprint density at radius 2 is 0.550 bits per heavy atom. The van der Waals surface area contributed by atoms with Crippen LogP contribution in [0.4, 0.5) is 17.1 Å². The largest absolute Gasteiger partial charge is 0.453 e. The highest BCUT2D eigenvalue weighted by molar-refractivity contribution is 6.03. The van der Waals surface area contributed by atoms with E-state index in [-0.39, 0.29) is 10.8 Å². The highest BCUT2D eigenvalue weighted by atomic mass is 16.5. The van der Waals surface area contributed by atoms with E-state index in [9.17, 15) is 0 Å². The summed E-state index contributed by atoms with van der Waals surface area (Å²) in [6.45, 7) is 9.42. The van der Waals surface area contributed by atoms with Crippen molar-refractivity contribution in [1.29, 1.82) is 0 Å². The first-order valence-electron chi connectivity index (χ1n) is 28.0. The van der Waals surface area contributed by atoms with E-state index in [1.807, 2.05) is 0 Å². The third kappa shape index (κ3) is 7.69. The lowest BCUT2D eigenvalue weighted by Crippen LogP contribution is -2.18. The van der Waals surface area contributed by atoms with Gasteiger partial charge in [0.1, 0.15) is 0 Å². The second-order valence-corrected chi connectivity index (χ2v) is 22.8. The summed E-state index contributed by atoms with van der Waals surface area (Å²) in [4.78, 5) is 2.49. The summed E-state index contributed by atoms with van der Waals surface area (Å²) in [5.41, 5.74) is 29.4. The number of benzene rings is 12. The highest BCUT2D eigenvalue weighted by Crippen LogP contribution is 2.58. The van der Waals surface area contributed by atoms with Gasteiger partial charge in [0.15, 0.2) is 11.5 Å². The monoisotopic (exact) mass is 1020 g/mol. The number of nitrogens with zero attached hydrogens (tertiary/aromatic N) is 1. The van der Waals surface area contributed by atoms with Crippen molar-refractivity contribution in [2.24, 2.45) is 0 Å². The number of hydrogen-bond donors (Lipinski definition) is 0. The van der Waals surface area contributed by atoms with Crippen LogP contribution >= 0.6 is 0 Å². The predicted molar refractivity (Wildman–Crippen MR) is 334 cm³/mol. The second-order valence-electron chi connectivity index (χ2n) is 22.8. The third-order valence-electron chi connectivity index (χ3n) is 17.5. The molecule has 0 aromatic heterocycles. The Morgan fingerprint density at radius 3 is 0.975 bits per heavy atom. The minimum Gasteiger partial charge on any atom is -0.453 e. The van der Waals surface area contributed by atoms with Crippen LogP contribution in [0.15, 0.2) is 273 Å². The molecule has 0 atom stereocenters. The normalized spacial score (nSPS) is 13.8. The van der Waals surface area contributed by atoms with Crippen molar-refractivity contribution in [3.8, 4) is 112 Å². The highest BCUT2D eigenvalue weighted by Gasteiger charge is 2.38. The van der Waals surface area contributed by atoms with E-state index in [1.165, 1.54) is 66.8 Å². The van der Waals surface area contributed by atoms with Crippen LogP contribution in [-0.4, -0.2) is 0 Å². The van der Waals surface area contributed by atoms with Gasteiger partial charge in [-0.2, -0.15) is 0 Å². The van der Waals surface area contributed by atoms with Crippen LogP contribution in [0, 0.1) is 0 Å². The summed E-state index contributed by atoms with van der Waals surface area (Å²) in [7, 11) is 0. The van der Waals surface area contributed by atoms with Crippen LogP contribution in [0.25, 0.3) is 100 Å². The molecule has 0 amide bonds. The van der Waals surface area contributed by atoms with Crippen LogP contribution in [0.2, 0.25) is 0 Å². The Balaban J connectivity index is 0.961. The van der Waals surface area contributed by atoms with E-state index < -0.39 is 0 Å². The van der Waals surface area contributed by atoms with Gasteiger partial charge in [0, 0.05) is 22.0 Å². The van der Waals surface area contributed by atoms with E-state index in [1.54, 1.807) is 0 Å². The first-order chi connectivity index (χ1) is 39.2. The molecule has 2 aliphatic carbocycles. The Hall–Kier alpha value is -9.76. The molecule has 12 aromatic carbocycles. The lowest BCUT2D eigenvalue weighted by Gasteiger charge is -2.36. The van der Waals surface area contributed by atoms with Crippen molar-refractivity contribution in [1.82, 2.24) is 0 Å². The topological polar surface area (TPSA) is 12.5 Å². The smallest absolute Gasteiger partial charge is 0.152 e. The maximum atomic E-state index is 7.39. The Morgan fingerprint density at radius 1 is 0.237 bits per heavy atom. The summed E-state index contributed by atoms with van der Waals surface area (Å²) in [5, 5.41) is 0. The van der Waals surface area contributed by atoms with Gasteiger partial charge in [0.05, 0.1) is 17.1 Å². The lowest BCUT2D eigenvalue weighted by atomic mass is 9.81.